The summed E-state index contributed by atoms with van der Waals surface area (Å²) in [5, 5.41) is 11.4. The van der Waals surface area contributed by atoms with Crippen LogP contribution in [0.5, 0.6) is 11.5 Å². The highest BCUT2D eigenvalue weighted by Crippen LogP contribution is 2.39. The van der Waals surface area contributed by atoms with E-state index in [1.165, 1.54) is 24.3 Å². The third kappa shape index (κ3) is 10.1. The van der Waals surface area contributed by atoms with E-state index in [0.717, 1.165) is 42.5 Å². The summed E-state index contributed by atoms with van der Waals surface area (Å²) in [5.74, 6) is -5.61. The Kier molecular flexibility index (Phi) is 11.0. The lowest BCUT2D eigenvalue weighted by Gasteiger charge is -2.37. The van der Waals surface area contributed by atoms with E-state index in [2.05, 4.69) is 14.8 Å². The molecule has 0 saturated heterocycles. The van der Waals surface area contributed by atoms with Crippen LogP contribution in [0.4, 0.5) is 43.9 Å². The molecule has 0 heterocycles. The maximum atomic E-state index is 14.1. The lowest BCUT2D eigenvalue weighted by Crippen LogP contribution is -2.48. The summed E-state index contributed by atoms with van der Waals surface area (Å²) in [7, 11) is 0. The fourth-order valence-corrected chi connectivity index (χ4v) is 5.20. The summed E-state index contributed by atoms with van der Waals surface area (Å²) in [6.45, 7) is 0. The second-order valence-electron chi connectivity index (χ2n) is 10.9. The number of aryl methyl sites for hydroxylation is 1. The topological polar surface area (TPSA) is 84.9 Å². The van der Waals surface area contributed by atoms with Gasteiger partial charge in [0.1, 0.15) is 17.3 Å². The zero-order valence-corrected chi connectivity index (χ0v) is 25.3. The maximum absolute atomic E-state index is 14.1. The Labute approximate surface area is 277 Å². The van der Waals surface area contributed by atoms with Crippen molar-refractivity contribution >= 4 is 11.9 Å². The second-order valence-corrected chi connectivity index (χ2v) is 10.9. The van der Waals surface area contributed by atoms with Gasteiger partial charge in [0.25, 0.3) is 5.91 Å². The molecule has 0 saturated carbocycles. The van der Waals surface area contributed by atoms with Gasteiger partial charge in [-0.1, -0.05) is 48.5 Å². The number of alkyl halides is 9. The van der Waals surface area contributed by atoms with Gasteiger partial charge < -0.3 is 19.9 Å². The van der Waals surface area contributed by atoms with Gasteiger partial charge in [-0.25, -0.2) is 4.39 Å². The number of hydrogen-bond acceptors (Lipinski definition) is 4. The van der Waals surface area contributed by atoms with Gasteiger partial charge in [-0.05, 0) is 77.6 Å². The summed E-state index contributed by atoms with van der Waals surface area (Å²) in [6.07, 6.45) is -15.5. The average molecular weight is 718 g/mol. The highest BCUT2D eigenvalue weighted by molar-refractivity contribution is 5.95. The Morgan fingerprint density at radius 1 is 0.680 bits per heavy atom. The highest BCUT2D eigenvalue weighted by Gasteiger charge is 2.40. The van der Waals surface area contributed by atoms with E-state index in [9.17, 15) is 53.5 Å². The number of halogens is 10. The van der Waals surface area contributed by atoms with Gasteiger partial charge in [-0.15, -0.1) is 26.3 Å². The molecule has 4 rings (SSSR count). The Morgan fingerprint density at radius 2 is 1.20 bits per heavy atom. The molecular formula is C34H25F10NO5. The zero-order valence-electron chi connectivity index (χ0n) is 25.3. The SMILES string of the molecule is O=C(O)CCCc1ccc(CC(NC(=O)c2ccc(F)c(C(F)(F)F)c2)(c2cccc(OC(F)(F)F)c2)c2cccc(OC(F)(F)F)c2)cc1. The molecule has 50 heavy (non-hydrogen) atoms. The molecule has 4 aromatic carbocycles. The van der Waals surface area contributed by atoms with E-state index in [4.69, 9.17) is 5.11 Å². The van der Waals surface area contributed by atoms with Crippen LogP contribution in [-0.2, 0) is 29.4 Å². The van der Waals surface area contributed by atoms with Crippen molar-refractivity contribution in [1.82, 2.24) is 5.32 Å². The standard InChI is InChI=1S/C34H25F10NO5/c35-28-15-14-22(16-27(28)32(36,37)38)30(48)45-31(23-5-2-7-25(17-23)49-33(39,40)41,24-6-3-8-26(18-24)50-34(42,43)44)19-21-12-10-20(11-13-21)4-1-9-29(46)47/h2-3,5-8,10-18H,1,4,9,19H2,(H,45,48)(H,46,47). The summed E-state index contributed by atoms with van der Waals surface area (Å²) < 4.78 is 142. The van der Waals surface area contributed by atoms with Crippen LogP contribution in [0.2, 0.25) is 0 Å². The van der Waals surface area contributed by atoms with E-state index >= 15 is 0 Å². The fourth-order valence-electron chi connectivity index (χ4n) is 5.20. The number of carbonyl (C=O) groups is 2. The highest BCUT2D eigenvalue weighted by atomic mass is 19.4. The minimum atomic E-state index is -5.23. The van der Waals surface area contributed by atoms with Crippen molar-refractivity contribution in [1.29, 1.82) is 0 Å². The van der Waals surface area contributed by atoms with E-state index in [-0.39, 0.29) is 30.0 Å². The van der Waals surface area contributed by atoms with Crippen molar-refractivity contribution in [2.45, 2.75) is 50.1 Å². The summed E-state index contributed by atoms with van der Waals surface area (Å²) in [5.41, 5.74) is -4.09. The van der Waals surface area contributed by atoms with Crippen LogP contribution in [-0.4, -0.2) is 29.7 Å². The zero-order chi connectivity index (χ0) is 36.9. The predicted molar refractivity (Wildman–Crippen MR) is 157 cm³/mol. The molecular weight excluding hydrogens is 692 g/mol. The number of rotatable bonds is 12. The van der Waals surface area contributed by atoms with Crippen LogP contribution in [0.25, 0.3) is 0 Å². The van der Waals surface area contributed by atoms with Crippen molar-refractivity contribution < 1.29 is 68.1 Å². The molecule has 0 unspecified atom stereocenters. The van der Waals surface area contributed by atoms with Gasteiger partial charge >= 0.3 is 24.9 Å². The molecule has 16 heteroatoms. The van der Waals surface area contributed by atoms with Crippen molar-refractivity contribution in [3.63, 3.8) is 0 Å². The molecule has 266 valence electrons. The molecule has 2 N–H and O–H groups in total. The van der Waals surface area contributed by atoms with Crippen LogP contribution in [0.1, 0.15) is 51.0 Å². The van der Waals surface area contributed by atoms with Crippen LogP contribution in [0.15, 0.2) is 91.0 Å². The molecule has 1 amide bonds. The Morgan fingerprint density at radius 3 is 1.68 bits per heavy atom. The normalized spacial score (nSPS) is 12.4. The van der Waals surface area contributed by atoms with Gasteiger partial charge in [-0.2, -0.15) is 13.2 Å². The number of amides is 1. The summed E-state index contributed by atoms with van der Waals surface area (Å²) in [4.78, 5) is 24.7. The molecule has 0 aliphatic rings. The number of aliphatic carboxylic acids is 1. The average Bonchev–Trinajstić information content (AvgIpc) is 2.99. The number of carbonyl (C=O) groups excluding carboxylic acids is 1. The van der Waals surface area contributed by atoms with E-state index in [1.54, 1.807) is 12.1 Å². The van der Waals surface area contributed by atoms with Gasteiger partial charge in [0, 0.05) is 18.4 Å². The molecule has 0 fully saturated rings. The van der Waals surface area contributed by atoms with Gasteiger partial charge in [0.15, 0.2) is 0 Å². The molecule has 0 spiro atoms. The third-order valence-corrected chi connectivity index (χ3v) is 7.33. The Balaban J connectivity index is 1.93. The predicted octanol–water partition coefficient (Wildman–Crippen LogP) is 8.97. The van der Waals surface area contributed by atoms with Gasteiger partial charge in [0.2, 0.25) is 0 Å². The molecule has 0 aliphatic heterocycles. The Bertz CT molecular complexity index is 1760. The smallest absolute Gasteiger partial charge is 0.481 e. The van der Waals surface area contributed by atoms with Crippen molar-refractivity contribution in [2.24, 2.45) is 0 Å². The summed E-state index contributed by atoms with van der Waals surface area (Å²) in [6, 6.07) is 15.7. The lowest BCUT2D eigenvalue weighted by atomic mass is 9.77. The molecule has 0 bridgehead atoms. The molecule has 0 aromatic heterocycles. The number of nitrogens with one attached hydrogen (secondary N) is 1. The first-order valence-corrected chi connectivity index (χ1v) is 14.5. The van der Waals surface area contributed by atoms with Gasteiger partial charge in [-0.3, -0.25) is 9.59 Å². The van der Waals surface area contributed by atoms with Gasteiger partial charge in [0.05, 0.1) is 11.1 Å². The van der Waals surface area contributed by atoms with Crippen LogP contribution in [0.3, 0.4) is 0 Å². The van der Waals surface area contributed by atoms with Crippen molar-refractivity contribution in [3.05, 3.63) is 130 Å². The maximum Gasteiger partial charge on any atom is 0.573 e. The number of carboxylic acids is 1. The molecule has 0 aliphatic carbocycles. The molecule has 6 nitrogen and oxygen atoms in total. The summed E-state index contributed by atoms with van der Waals surface area (Å²) >= 11 is 0. The second kappa shape index (κ2) is 14.7. The first kappa shape index (κ1) is 37.5. The first-order chi connectivity index (χ1) is 23.2. The number of carboxylic acid groups (broad SMARTS) is 1. The number of benzene rings is 4. The van der Waals surface area contributed by atoms with E-state index in [1.807, 2.05) is 0 Å². The minimum Gasteiger partial charge on any atom is -0.481 e. The van der Waals surface area contributed by atoms with Crippen molar-refractivity contribution in [2.75, 3.05) is 0 Å². The first-order valence-electron chi connectivity index (χ1n) is 14.5. The fraction of sp³-hybridized carbons (Fsp3) is 0.235. The molecule has 4 aromatic rings. The molecule has 0 radical (unpaired) electrons. The van der Waals surface area contributed by atoms with Crippen LogP contribution < -0.4 is 14.8 Å². The van der Waals surface area contributed by atoms with Crippen LogP contribution in [0, 0.1) is 5.82 Å². The van der Waals surface area contributed by atoms with E-state index in [0.29, 0.717) is 23.6 Å². The monoisotopic (exact) mass is 717 g/mol. The Hall–Kier alpha value is -5.28. The van der Waals surface area contributed by atoms with Crippen LogP contribution >= 0.6 is 0 Å². The minimum absolute atomic E-state index is 0.122. The number of ether oxygens (including phenoxy) is 2. The van der Waals surface area contributed by atoms with Crippen molar-refractivity contribution in [3.8, 4) is 11.5 Å². The molecule has 0 atom stereocenters. The largest absolute Gasteiger partial charge is 0.573 e. The lowest BCUT2D eigenvalue weighted by molar-refractivity contribution is -0.275. The third-order valence-electron chi connectivity index (χ3n) is 7.33. The number of hydrogen-bond donors (Lipinski definition) is 2. The van der Waals surface area contributed by atoms with E-state index < -0.39 is 71.2 Å². The quantitative estimate of drug-likeness (QED) is 0.143.